The van der Waals surface area contributed by atoms with Crippen LogP contribution in [0.25, 0.3) is 22.9 Å². The van der Waals surface area contributed by atoms with Crippen molar-refractivity contribution < 1.29 is 23.8 Å². The van der Waals surface area contributed by atoms with Gasteiger partial charge in [0.2, 0.25) is 0 Å². The van der Waals surface area contributed by atoms with Gasteiger partial charge in [-0.15, -0.1) is 10.2 Å². The van der Waals surface area contributed by atoms with E-state index in [-0.39, 0.29) is 17.7 Å². The number of ether oxygens (including phenoxy) is 2. The number of Topliss-reactive ketones (excluding diaryl/α,β-unsaturated/α-hetero) is 1. The van der Waals surface area contributed by atoms with Crippen LogP contribution < -0.4 is 4.74 Å². The molecule has 6 rings (SSSR count). The van der Waals surface area contributed by atoms with Gasteiger partial charge in [-0.2, -0.15) is 0 Å². The molecule has 2 aromatic heterocycles. The quantitative estimate of drug-likeness (QED) is 0.245. The monoisotopic (exact) mass is 583 g/mol. The Kier molecular flexibility index (Phi) is 7.69. The van der Waals surface area contributed by atoms with E-state index in [1.165, 1.54) is 12.1 Å². The lowest BCUT2D eigenvalue weighted by molar-refractivity contribution is -0.117. The van der Waals surface area contributed by atoms with Crippen molar-refractivity contribution in [2.24, 2.45) is 0 Å². The molecule has 7 nitrogen and oxygen atoms in total. The van der Waals surface area contributed by atoms with Crippen molar-refractivity contribution in [1.82, 2.24) is 14.6 Å². The number of aliphatic hydroxyl groups is 1. The van der Waals surface area contributed by atoms with Gasteiger partial charge in [0, 0.05) is 35.9 Å². The van der Waals surface area contributed by atoms with E-state index in [0.717, 1.165) is 65.0 Å². The molecule has 1 unspecified atom stereocenters. The molecule has 0 saturated carbocycles. The zero-order valence-corrected chi connectivity index (χ0v) is 25.5. The van der Waals surface area contributed by atoms with Crippen LogP contribution in [-0.2, 0) is 21.6 Å². The van der Waals surface area contributed by atoms with Gasteiger partial charge in [0.05, 0.1) is 11.7 Å². The summed E-state index contributed by atoms with van der Waals surface area (Å²) < 4.78 is 28.5. The summed E-state index contributed by atoms with van der Waals surface area (Å²) in [6, 6.07) is 8.56. The van der Waals surface area contributed by atoms with Gasteiger partial charge in [-0.25, -0.2) is 4.39 Å². The number of carbonyl (C=O) groups is 1. The molecular weight excluding hydrogens is 545 g/mol. The minimum atomic E-state index is -1.11. The molecule has 1 atom stereocenters. The van der Waals surface area contributed by atoms with Crippen LogP contribution in [0.4, 0.5) is 4.39 Å². The van der Waals surface area contributed by atoms with E-state index in [4.69, 9.17) is 9.47 Å². The molecule has 1 aliphatic heterocycles. The number of rotatable bonds is 7. The highest BCUT2D eigenvalue weighted by atomic mass is 19.1. The minimum Gasteiger partial charge on any atom is -0.456 e. The third-order valence-corrected chi connectivity index (χ3v) is 8.61. The van der Waals surface area contributed by atoms with Gasteiger partial charge in [0.25, 0.3) is 0 Å². The molecule has 43 heavy (non-hydrogen) atoms. The third kappa shape index (κ3) is 5.74. The van der Waals surface area contributed by atoms with Crippen LogP contribution in [0, 0.1) is 26.6 Å². The van der Waals surface area contributed by atoms with Crippen molar-refractivity contribution >= 4 is 17.5 Å². The Labute approximate surface area is 251 Å². The van der Waals surface area contributed by atoms with Crippen molar-refractivity contribution in [2.45, 2.75) is 84.8 Å². The van der Waals surface area contributed by atoms with Crippen LogP contribution in [0.2, 0.25) is 0 Å². The van der Waals surface area contributed by atoms with E-state index in [2.05, 4.69) is 10.2 Å². The lowest BCUT2D eigenvalue weighted by Gasteiger charge is -2.23. The van der Waals surface area contributed by atoms with E-state index in [1.54, 1.807) is 13.8 Å². The zero-order chi connectivity index (χ0) is 30.5. The number of hydrogen-bond acceptors (Lipinski definition) is 6. The third-order valence-electron chi connectivity index (χ3n) is 8.61. The molecule has 0 bridgehead atoms. The van der Waals surface area contributed by atoms with E-state index >= 15 is 0 Å². The highest BCUT2D eigenvalue weighted by Crippen LogP contribution is 2.43. The summed E-state index contributed by atoms with van der Waals surface area (Å²) in [6.07, 6.45) is 8.48. The first kappa shape index (κ1) is 29.2. The standard InChI is InChI=1S/C35H38FN3O4/c1-20-14-25(36)15-21(2)33(20)43-32-12-11-24(35(4,5)41)17-29(32)30-19-39-22(3)37-38-34(39)27-10-6-8-23(16-28(27)30)31(40)18-26-9-7-13-42-26/h11-12,14-17,19,26,41H,6-10,13,18H2,1-5H3. The molecule has 0 amide bonds. The Morgan fingerprint density at radius 2 is 1.86 bits per heavy atom. The molecule has 1 fully saturated rings. The number of ketones is 1. The molecular formula is C35H38FN3O4. The Bertz CT molecular complexity index is 1740. The van der Waals surface area contributed by atoms with E-state index in [0.29, 0.717) is 47.6 Å². The second-order valence-electron chi connectivity index (χ2n) is 12.4. The van der Waals surface area contributed by atoms with E-state index in [1.807, 2.05) is 55.6 Å². The van der Waals surface area contributed by atoms with Crippen LogP contribution in [-0.4, -0.2) is 38.2 Å². The summed E-state index contributed by atoms with van der Waals surface area (Å²) in [5.74, 6) is 1.68. The maximum Gasteiger partial charge on any atom is 0.164 e. The Balaban J connectivity index is 1.57. The van der Waals surface area contributed by atoms with Gasteiger partial charge in [0.1, 0.15) is 23.1 Å². The smallest absolute Gasteiger partial charge is 0.164 e. The maximum atomic E-state index is 14.1. The fraction of sp³-hybridized carbons (Fsp3) is 0.400. The fourth-order valence-electron chi connectivity index (χ4n) is 6.28. The largest absolute Gasteiger partial charge is 0.456 e. The van der Waals surface area contributed by atoms with Crippen molar-refractivity contribution in [3.63, 3.8) is 0 Å². The number of carbonyl (C=O) groups excluding carboxylic acids is 1. The van der Waals surface area contributed by atoms with Crippen LogP contribution in [0.3, 0.4) is 0 Å². The number of hydrogen-bond donors (Lipinski definition) is 1. The summed E-state index contributed by atoms with van der Waals surface area (Å²) >= 11 is 0. The molecule has 2 aliphatic rings. The number of aromatic nitrogens is 3. The average Bonchev–Trinajstić information content (AvgIpc) is 3.53. The summed E-state index contributed by atoms with van der Waals surface area (Å²) in [4.78, 5) is 13.6. The predicted molar refractivity (Wildman–Crippen MR) is 164 cm³/mol. The summed E-state index contributed by atoms with van der Waals surface area (Å²) in [7, 11) is 0. The second kappa shape index (κ2) is 11.3. The maximum absolute atomic E-state index is 14.1. The Morgan fingerprint density at radius 1 is 1.09 bits per heavy atom. The van der Waals surface area contributed by atoms with Crippen LogP contribution >= 0.6 is 0 Å². The molecule has 1 N–H and O–H groups in total. The molecule has 0 radical (unpaired) electrons. The SMILES string of the molecule is Cc1cc(F)cc(C)c1Oc1ccc(C(C)(C)O)cc1-c1cn2c(C)nnc2c2c1C=C(C(=O)CC1CCCO1)CCC2. The molecule has 2 aromatic carbocycles. The van der Waals surface area contributed by atoms with Gasteiger partial charge >= 0.3 is 0 Å². The van der Waals surface area contributed by atoms with Crippen LogP contribution in [0.1, 0.15) is 79.6 Å². The van der Waals surface area contributed by atoms with E-state index < -0.39 is 5.60 Å². The van der Waals surface area contributed by atoms with Gasteiger partial charge in [-0.3, -0.25) is 9.20 Å². The molecule has 0 spiro atoms. The predicted octanol–water partition coefficient (Wildman–Crippen LogP) is 7.34. The fourth-order valence-corrected chi connectivity index (χ4v) is 6.28. The highest BCUT2D eigenvalue weighted by molar-refractivity contribution is 6.01. The first-order valence-electron chi connectivity index (χ1n) is 15.0. The van der Waals surface area contributed by atoms with Crippen molar-refractivity contribution in [2.75, 3.05) is 6.61 Å². The van der Waals surface area contributed by atoms with Crippen LogP contribution in [0.5, 0.6) is 11.5 Å². The number of nitrogens with zero attached hydrogens (tertiary/aromatic N) is 3. The average molecular weight is 584 g/mol. The van der Waals surface area contributed by atoms with Crippen molar-refractivity contribution in [1.29, 1.82) is 0 Å². The second-order valence-corrected chi connectivity index (χ2v) is 12.4. The van der Waals surface area contributed by atoms with Gasteiger partial charge in [-0.1, -0.05) is 6.07 Å². The molecule has 3 heterocycles. The number of pyridine rings is 1. The zero-order valence-electron chi connectivity index (χ0n) is 25.5. The van der Waals surface area contributed by atoms with Crippen molar-refractivity contribution in [3.05, 3.63) is 81.6 Å². The number of halogens is 1. The lowest BCUT2D eigenvalue weighted by atomic mass is 9.90. The Morgan fingerprint density at radius 3 is 2.56 bits per heavy atom. The number of benzene rings is 2. The number of aryl methyl sites for hydroxylation is 4. The summed E-state index contributed by atoms with van der Waals surface area (Å²) in [5.41, 5.74) is 6.03. The molecule has 1 saturated heterocycles. The lowest BCUT2D eigenvalue weighted by Crippen LogP contribution is -2.15. The van der Waals surface area contributed by atoms with Gasteiger partial charge < -0.3 is 14.6 Å². The van der Waals surface area contributed by atoms with Gasteiger partial charge in [-0.05, 0) is 125 Å². The van der Waals surface area contributed by atoms with Crippen molar-refractivity contribution in [3.8, 4) is 22.6 Å². The molecule has 1 aliphatic carbocycles. The normalized spacial score (nSPS) is 17.1. The topological polar surface area (TPSA) is 86.0 Å². The number of fused-ring (bicyclic) bond motifs is 3. The summed E-state index contributed by atoms with van der Waals surface area (Å²) in [6.45, 7) is 9.76. The van der Waals surface area contributed by atoms with Gasteiger partial charge in [0.15, 0.2) is 11.4 Å². The minimum absolute atomic E-state index is 0.0251. The molecule has 8 heteroatoms. The molecule has 224 valence electrons. The Hall–Kier alpha value is -3.88. The molecule has 4 aromatic rings. The number of allylic oxidation sites excluding steroid dienone is 1. The first-order chi connectivity index (χ1) is 20.5. The first-order valence-corrected chi connectivity index (χ1v) is 15.0. The van der Waals surface area contributed by atoms with E-state index in [9.17, 15) is 14.3 Å². The summed E-state index contributed by atoms with van der Waals surface area (Å²) in [5, 5.41) is 19.9. The highest BCUT2D eigenvalue weighted by Gasteiger charge is 2.27. The van der Waals surface area contributed by atoms with Crippen LogP contribution in [0.15, 0.2) is 42.1 Å².